The van der Waals surface area contributed by atoms with Crippen LogP contribution in [0.4, 0.5) is 0 Å². The summed E-state index contributed by atoms with van der Waals surface area (Å²) in [5.74, 6) is 5.40. The monoisotopic (exact) mass is 234 g/mol. The Balaban J connectivity index is 3.88. The Morgan fingerprint density at radius 2 is 1.24 bits per heavy atom. The van der Waals surface area contributed by atoms with Gasteiger partial charge in [-0.3, -0.25) is 0 Å². The van der Waals surface area contributed by atoms with Gasteiger partial charge in [-0.2, -0.15) is 0 Å². The van der Waals surface area contributed by atoms with Crippen molar-refractivity contribution >= 4 is 0 Å². The SMILES string of the molecule is C#CC(CCCCC)OC(C#C)CCCCC. The van der Waals surface area contributed by atoms with Gasteiger partial charge in [-0.25, -0.2) is 0 Å². The van der Waals surface area contributed by atoms with Crippen LogP contribution in [0.3, 0.4) is 0 Å². The zero-order chi connectivity index (χ0) is 12.9. The molecule has 0 saturated heterocycles. The fraction of sp³-hybridized carbons (Fsp3) is 0.750. The summed E-state index contributed by atoms with van der Waals surface area (Å²) in [5.41, 5.74) is 0. The number of unbranched alkanes of at least 4 members (excludes halogenated alkanes) is 4. The van der Waals surface area contributed by atoms with E-state index >= 15 is 0 Å². The highest BCUT2D eigenvalue weighted by molar-refractivity contribution is 5.00. The van der Waals surface area contributed by atoms with Crippen LogP contribution in [0, 0.1) is 24.7 Å². The van der Waals surface area contributed by atoms with Crippen molar-refractivity contribution in [2.45, 2.75) is 77.4 Å². The van der Waals surface area contributed by atoms with Crippen molar-refractivity contribution in [2.24, 2.45) is 0 Å². The van der Waals surface area contributed by atoms with Crippen LogP contribution in [-0.4, -0.2) is 12.2 Å². The molecule has 0 aromatic heterocycles. The third kappa shape index (κ3) is 8.84. The first-order valence-electron chi connectivity index (χ1n) is 6.86. The molecule has 0 radical (unpaired) electrons. The molecule has 0 amide bonds. The molecule has 0 saturated carbocycles. The summed E-state index contributed by atoms with van der Waals surface area (Å²) in [4.78, 5) is 0. The maximum absolute atomic E-state index is 5.77. The molecule has 0 aliphatic rings. The molecule has 0 aromatic carbocycles. The van der Waals surface area contributed by atoms with Crippen molar-refractivity contribution in [3.05, 3.63) is 0 Å². The van der Waals surface area contributed by atoms with E-state index in [2.05, 4.69) is 25.7 Å². The molecule has 0 N–H and O–H groups in total. The Bertz CT molecular complexity index is 217. The Morgan fingerprint density at radius 3 is 1.53 bits per heavy atom. The van der Waals surface area contributed by atoms with Gasteiger partial charge in [-0.1, -0.05) is 51.4 Å². The van der Waals surface area contributed by atoms with E-state index < -0.39 is 0 Å². The molecule has 0 heterocycles. The first kappa shape index (κ1) is 16.1. The second-order valence-corrected chi connectivity index (χ2v) is 4.44. The van der Waals surface area contributed by atoms with Crippen LogP contribution in [0.25, 0.3) is 0 Å². The fourth-order valence-electron chi connectivity index (χ4n) is 1.74. The predicted octanol–water partition coefficient (Wildman–Crippen LogP) is 4.17. The Morgan fingerprint density at radius 1 is 0.824 bits per heavy atom. The summed E-state index contributed by atoms with van der Waals surface area (Å²) in [6.07, 6.45) is 19.6. The smallest absolute Gasteiger partial charge is 0.119 e. The van der Waals surface area contributed by atoms with Crippen LogP contribution in [-0.2, 0) is 4.74 Å². The maximum Gasteiger partial charge on any atom is 0.119 e. The number of terminal acetylenes is 2. The summed E-state index contributed by atoms with van der Waals surface area (Å²) >= 11 is 0. The first-order valence-corrected chi connectivity index (χ1v) is 6.86. The van der Waals surface area contributed by atoms with Gasteiger partial charge in [-0.15, -0.1) is 12.8 Å². The van der Waals surface area contributed by atoms with Crippen LogP contribution in [0.15, 0.2) is 0 Å². The summed E-state index contributed by atoms with van der Waals surface area (Å²) < 4.78 is 5.77. The second-order valence-electron chi connectivity index (χ2n) is 4.44. The van der Waals surface area contributed by atoms with E-state index in [1.54, 1.807) is 0 Å². The van der Waals surface area contributed by atoms with E-state index in [1.165, 1.54) is 25.7 Å². The van der Waals surface area contributed by atoms with Gasteiger partial charge >= 0.3 is 0 Å². The maximum atomic E-state index is 5.77. The van der Waals surface area contributed by atoms with E-state index in [0.717, 1.165) is 25.7 Å². The molecule has 0 aliphatic carbocycles. The van der Waals surface area contributed by atoms with Crippen molar-refractivity contribution < 1.29 is 4.74 Å². The molecule has 2 unspecified atom stereocenters. The van der Waals surface area contributed by atoms with Crippen LogP contribution in [0.5, 0.6) is 0 Å². The number of ether oxygens (including phenoxy) is 1. The van der Waals surface area contributed by atoms with Crippen LogP contribution < -0.4 is 0 Å². The number of hydrogen-bond donors (Lipinski definition) is 0. The third-order valence-electron chi connectivity index (χ3n) is 2.84. The molecule has 0 bridgehead atoms. The van der Waals surface area contributed by atoms with E-state index in [0.29, 0.717) is 0 Å². The summed E-state index contributed by atoms with van der Waals surface area (Å²) in [6, 6.07) is 0. The topological polar surface area (TPSA) is 9.23 Å². The zero-order valence-electron chi connectivity index (χ0n) is 11.4. The van der Waals surface area contributed by atoms with E-state index in [4.69, 9.17) is 17.6 Å². The highest BCUT2D eigenvalue weighted by Crippen LogP contribution is 2.12. The molecular weight excluding hydrogens is 208 g/mol. The summed E-state index contributed by atoms with van der Waals surface area (Å²) in [6.45, 7) is 4.36. The number of rotatable bonds is 10. The molecule has 0 spiro atoms. The van der Waals surface area contributed by atoms with Gasteiger partial charge in [-0.05, 0) is 25.7 Å². The van der Waals surface area contributed by atoms with Crippen molar-refractivity contribution in [1.82, 2.24) is 0 Å². The van der Waals surface area contributed by atoms with Crippen molar-refractivity contribution in [3.8, 4) is 24.7 Å². The average Bonchev–Trinajstić information content (AvgIpc) is 2.36. The second kappa shape index (κ2) is 11.6. The van der Waals surface area contributed by atoms with E-state index in [-0.39, 0.29) is 12.2 Å². The minimum absolute atomic E-state index is 0.107. The van der Waals surface area contributed by atoms with Crippen molar-refractivity contribution in [1.29, 1.82) is 0 Å². The van der Waals surface area contributed by atoms with Gasteiger partial charge in [0.15, 0.2) is 0 Å². The first-order chi connectivity index (χ1) is 8.28. The molecule has 0 aromatic rings. The highest BCUT2D eigenvalue weighted by Gasteiger charge is 2.12. The zero-order valence-corrected chi connectivity index (χ0v) is 11.4. The molecule has 1 nitrogen and oxygen atoms in total. The van der Waals surface area contributed by atoms with Crippen molar-refractivity contribution in [2.75, 3.05) is 0 Å². The average molecular weight is 234 g/mol. The molecule has 96 valence electrons. The Labute approximate surface area is 107 Å². The van der Waals surface area contributed by atoms with Gasteiger partial charge < -0.3 is 4.74 Å². The number of hydrogen-bond acceptors (Lipinski definition) is 1. The quantitative estimate of drug-likeness (QED) is 0.407. The molecule has 1 heteroatoms. The van der Waals surface area contributed by atoms with Crippen LogP contribution in [0.1, 0.15) is 65.2 Å². The lowest BCUT2D eigenvalue weighted by Crippen LogP contribution is -2.19. The van der Waals surface area contributed by atoms with Crippen LogP contribution in [0.2, 0.25) is 0 Å². The molecular formula is C16H26O. The van der Waals surface area contributed by atoms with Crippen molar-refractivity contribution in [3.63, 3.8) is 0 Å². The lowest BCUT2D eigenvalue weighted by molar-refractivity contribution is 0.0406. The molecule has 0 rings (SSSR count). The normalized spacial score (nSPS) is 13.6. The molecule has 17 heavy (non-hydrogen) atoms. The summed E-state index contributed by atoms with van der Waals surface area (Å²) in [5, 5.41) is 0. The minimum Gasteiger partial charge on any atom is -0.350 e. The fourth-order valence-corrected chi connectivity index (χ4v) is 1.74. The highest BCUT2D eigenvalue weighted by atomic mass is 16.5. The Kier molecular flexibility index (Phi) is 10.9. The Hall–Kier alpha value is -0.920. The van der Waals surface area contributed by atoms with Crippen LogP contribution >= 0.6 is 0 Å². The summed E-state index contributed by atoms with van der Waals surface area (Å²) in [7, 11) is 0. The standard InChI is InChI=1S/C16H26O/c1-5-9-11-13-15(7-3)17-16(8-4)14-12-10-6-2/h3-4,15-16H,5-6,9-14H2,1-2H3. The van der Waals surface area contributed by atoms with Gasteiger partial charge in [0.2, 0.25) is 0 Å². The predicted molar refractivity (Wildman–Crippen MR) is 74.6 cm³/mol. The largest absolute Gasteiger partial charge is 0.350 e. The lowest BCUT2D eigenvalue weighted by Gasteiger charge is -2.17. The molecule has 2 atom stereocenters. The van der Waals surface area contributed by atoms with E-state index in [1.807, 2.05) is 0 Å². The molecule has 0 fully saturated rings. The van der Waals surface area contributed by atoms with Gasteiger partial charge in [0.1, 0.15) is 12.2 Å². The lowest BCUT2D eigenvalue weighted by atomic mass is 10.1. The van der Waals surface area contributed by atoms with Gasteiger partial charge in [0.25, 0.3) is 0 Å². The minimum atomic E-state index is -0.107. The third-order valence-corrected chi connectivity index (χ3v) is 2.84. The van der Waals surface area contributed by atoms with Gasteiger partial charge in [0, 0.05) is 0 Å². The molecule has 0 aliphatic heterocycles. The van der Waals surface area contributed by atoms with Gasteiger partial charge in [0.05, 0.1) is 0 Å². The van der Waals surface area contributed by atoms with E-state index in [9.17, 15) is 0 Å².